The number of hydrogen-bond acceptors (Lipinski definition) is 6. The first-order chi connectivity index (χ1) is 8.41. The van der Waals surface area contributed by atoms with Crippen molar-refractivity contribution in [3.8, 4) is 0 Å². The highest BCUT2D eigenvalue weighted by molar-refractivity contribution is 7.33. The van der Waals surface area contributed by atoms with Crippen molar-refractivity contribution >= 4 is 16.5 Å². The molecule has 1 rings (SSSR count). The molecule has 0 aromatic rings. The van der Waals surface area contributed by atoms with E-state index >= 15 is 0 Å². The molecule has 8 nitrogen and oxygen atoms in total. The van der Waals surface area contributed by atoms with Crippen molar-refractivity contribution in [1.29, 1.82) is 0 Å². The molecule has 2 atom stereocenters. The van der Waals surface area contributed by atoms with Gasteiger partial charge >= 0.3 is 22.6 Å². The molecule has 4 N–H and O–H groups in total. The molecule has 0 heterocycles. The Bertz CT molecular complexity index is 290. The summed E-state index contributed by atoms with van der Waals surface area (Å²) in [5.74, 6) is 0. The molecule has 18 heavy (non-hydrogen) atoms. The summed E-state index contributed by atoms with van der Waals surface area (Å²) in [7, 11) is -7.03. The van der Waals surface area contributed by atoms with Gasteiger partial charge in [0.1, 0.15) is 0 Å². The molecule has 1 fully saturated rings. The Morgan fingerprint density at radius 2 is 1.44 bits per heavy atom. The molecule has 1 saturated carbocycles. The van der Waals surface area contributed by atoms with E-state index in [-0.39, 0.29) is 6.04 Å². The van der Waals surface area contributed by atoms with Gasteiger partial charge in [0.2, 0.25) is 0 Å². The van der Waals surface area contributed by atoms with Gasteiger partial charge in [-0.05, 0) is 12.8 Å². The van der Waals surface area contributed by atoms with Crippen LogP contribution in [-0.4, -0.2) is 27.0 Å². The Labute approximate surface area is 106 Å². The van der Waals surface area contributed by atoms with Crippen molar-refractivity contribution in [1.82, 2.24) is 5.32 Å². The van der Waals surface area contributed by atoms with Crippen molar-refractivity contribution in [3.05, 3.63) is 0 Å². The minimum absolute atomic E-state index is 0.194. The molecule has 0 radical (unpaired) electrons. The predicted molar refractivity (Wildman–Crippen MR) is 64.2 cm³/mol. The zero-order chi connectivity index (χ0) is 13.6. The smallest absolute Gasteiger partial charge is 0.329 e. The van der Waals surface area contributed by atoms with E-state index in [9.17, 15) is 14.2 Å². The third-order valence-electron chi connectivity index (χ3n) is 2.69. The Hall–Kier alpha value is 0.220. The maximum absolute atomic E-state index is 10.6. The third-order valence-corrected chi connectivity index (χ3v) is 3.60. The first-order valence-electron chi connectivity index (χ1n) is 5.75. The second-order valence-electron chi connectivity index (χ2n) is 4.15. The average Bonchev–Trinajstić information content (AvgIpc) is 2.42. The lowest BCUT2D eigenvalue weighted by Gasteiger charge is -2.29. The lowest BCUT2D eigenvalue weighted by atomic mass is 10.1. The molecule has 108 valence electrons. The molecule has 1 aliphatic rings. The van der Waals surface area contributed by atoms with E-state index in [1.807, 2.05) is 0 Å². The van der Waals surface area contributed by atoms with Crippen molar-refractivity contribution in [2.24, 2.45) is 0 Å². The summed E-state index contributed by atoms with van der Waals surface area (Å²) in [6.07, 6.45) is 2.80. The van der Waals surface area contributed by atoms with Gasteiger partial charge in [0, 0.05) is 6.04 Å². The zero-order valence-electron chi connectivity index (χ0n) is 9.79. The van der Waals surface area contributed by atoms with Gasteiger partial charge in [-0.2, -0.15) is 0 Å². The quantitative estimate of drug-likeness (QED) is 0.321. The largest absolute Gasteiger partial charge is 0.362 e. The third kappa shape index (κ3) is 6.41. The minimum atomic E-state index is -3.52. The highest BCUT2D eigenvalue weighted by Crippen LogP contribution is 2.32. The van der Waals surface area contributed by atoms with Crippen molar-refractivity contribution < 1.29 is 33.1 Å². The van der Waals surface area contributed by atoms with Gasteiger partial charge in [0.25, 0.3) is 0 Å². The van der Waals surface area contributed by atoms with Crippen LogP contribution in [0, 0.1) is 0 Å². The molecule has 2 unspecified atom stereocenters. The van der Waals surface area contributed by atoms with Crippen molar-refractivity contribution in [3.63, 3.8) is 0 Å². The maximum atomic E-state index is 10.6. The van der Waals surface area contributed by atoms with Crippen LogP contribution in [0.5, 0.6) is 0 Å². The van der Waals surface area contributed by atoms with E-state index in [0.717, 1.165) is 38.5 Å². The molecule has 0 spiro atoms. The number of rotatable bonds is 6. The summed E-state index contributed by atoms with van der Waals surface area (Å²) in [5, 5.41) is 12.2. The standard InChI is InChI=1S/C8H19NO7P2/c10-8(15-17(11)12,16-18(13)14)9-7-5-3-1-2-4-6-7/h7,9-10,17-18H,1-6H2,(H,11,12)(H,13,14). The van der Waals surface area contributed by atoms with Crippen LogP contribution in [-0.2, 0) is 18.2 Å². The fraction of sp³-hybridized carbons (Fsp3) is 1.00. The predicted octanol–water partition coefficient (Wildman–Crippen LogP) is 0.700. The van der Waals surface area contributed by atoms with Gasteiger partial charge in [-0.1, -0.05) is 25.7 Å². The minimum Gasteiger partial charge on any atom is -0.329 e. The van der Waals surface area contributed by atoms with Gasteiger partial charge in [0.05, 0.1) is 0 Å². The maximum Gasteiger partial charge on any atom is 0.362 e. The molecule has 0 aliphatic heterocycles. The highest BCUT2D eigenvalue weighted by Gasteiger charge is 2.36. The van der Waals surface area contributed by atoms with Gasteiger partial charge in [-0.25, -0.2) is 14.4 Å². The molecular formula is C8H19NO7P2. The number of hydrogen-bond donors (Lipinski definition) is 4. The Morgan fingerprint density at radius 3 is 1.83 bits per heavy atom. The molecular weight excluding hydrogens is 284 g/mol. The van der Waals surface area contributed by atoms with Crippen LogP contribution in [0.3, 0.4) is 0 Å². The van der Waals surface area contributed by atoms with Crippen LogP contribution in [0.25, 0.3) is 0 Å². The van der Waals surface area contributed by atoms with Crippen LogP contribution in [0.2, 0.25) is 0 Å². The first kappa shape index (κ1) is 16.3. The Kier molecular flexibility index (Phi) is 6.98. The summed E-state index contributed by atoms with van der Waals surface area (Å²) in [4.78, 5) is 17.3. The van der Waals surface area contributed by atoms with E-state index < -0.39 is 22.6 Å². The fourth-order valence-electron chi connectivity index (χ4n) is 2.00. The van der Waals surface area contributed by atoms with Gasteiger partial charge in [0.15, 0.2) is 0 Å². The van der Waals surface area contributed by atoms with E-state index in [1.165, 1.54) is 0 Å². The Balaban J connectivity index is 2.63. The van der Waals surface area contributed by atoms with Crippen LogP contribution in [0.15, 0.2) is 0 Å². The van der Waals surface area contributed by atoms with Crippen molar-refractivity contribution in [2.75, 3.05) is 0 Å². The summed E-state index contributed by atoms with van der Waals surface area (Å²) >= 11 is 0. The summed E-state index contributed by atoms with van der Waals surface area (Å²) in [5.41, 5.74) is 0. The fourth-order valence-corrected chi connectivity index (χ4v) is 2.76. The number of nitrogens with one attached hydrogen (secondary N) is 1. The molecule has 10 heteroatoms. The molecule has 1 aliphatic carbocycles. The lowest BCUT2D eigenvalue weighted by Crippen LogP contribution is -2.52. The zero-order valence-corrected chi connectivity index (χ0v) is 11.8. The lowest BCUT2D eigenvalue weighted by molar-refractivity contribution is -0.299. The molecule has 0 aromatic carbocycles. The Morgan fingerprint density at radius 1 is 1.00 bits per heavy atom. The van der Waals surface area contributed by atoms with Crippen LogP contribution in [0.4, 0.5) is 0 Å². The van der Waals surface area contributed by atoms with E-state index in [1.54, 1.807) is 0 Å². The molecule has 0 saturated heterocycles. The summed E-state index contributed by atoms with van der Waals surface area (Å²) in [6.45, 7) is 0. The second-order valence-corrected chi connectivity index (χ2v) is 5.62. The average molecular weight is 303 g/mol. The monoisotopic (exact) mass is 303 g/mol. The second kappa shape index (κ2) is 7.72. The normalized spacial score (nSPS) is 25.1. The molecule has 0 aromatic heterocycles. The molecule has 0 bridgehead atoms. The highest BCUT2D eigenvalue weighted by atomic mass is 31.1. The van der Waals surface area contributed by atoms with E-state index in [2.05, 4.69) is 14.4 Å². The first-order valence-corrected chi connectivity index (χ1v) is 8.28. The van der Waals surface area contributed by atoms with Gasteiger partial charge in [-0.3, -0.25) is 9.13 Å². The van der Waals surface area contributed by atoms with E-state index in [0.29, 0.717) is 0 Å². The van der Waals surface area contributed by atoms with Gasteiger partial charge < -0.3 is 14.9 Å². The summed E-state index contributed by atoms with van der Waals surface area (Å²) in [6, 6.07) is -0.194. The SMILES string of the molecule is O=[PH](O)OC(O)(NC1CCCCCC1)O[PH](=O)O. The van der Waals surface area contributed by atoms with E-state index in [4.69, 9.17) is 9.79 Å². The van der Waals surface area contributed by atoms with Crippen LogP contribution in [0.1, 0.15) is 38.5 Å². The topological polar surface area (TPSA) is 125 Å². The van der Waals surface area contributed by atoms with Crippen LogP contribution < -0.4 is 5.32 Å². The summed E-state index contributed by atoms with van der Waals surface area (Å²) < 4.78 is 29.8. The van der Waals surface area contributed by atoms with Gasteiger partial charge in [-0.15, -0.1) is 0 Å². The molecule has 0 amide bonds. The number of aliphatic hydroxyl groups is 1. The van der Waals surface area contributed by atoms with Crippen molar-refractivity contribution in [2.45, 2.75) is 50.7 Å². The van der Waals surface area contributed by atoms with Crippen LogP contribution >= 0.6 is 16.5 Å².